The molecule has 0 spiro atoms. The summed E-state index contributed by atoms with van der Waals surface area (Å²) in [4.78, 5) is 0. The Labute approximate surface area is 161 Å². The van der Waals surface area contributed by atoms with Crippen molar-refractivity contribution in [3.8, 4) is 0 Å². The van der Waals surface area contributed by atoms with Gasteiger partial charge < -0.3 is 26.2 Å². The molecule has 26 heavy (non-hydrogen) atoms. The molecule has 0 aliphatic heterocycles. The largest absolute Gasteiger partial charge is 0.393 e. The molecule has 0 fully saturated rings. The van der Waals surface area contributed by atoms with Crippen molar-refractivity contribution in [2.45, 2.75) is 128 Å². The Bertz CT molecular complexity index is 291. The Morgan fingerprint density at radius 1 is 0.577 bits per heavy atom. The van der Waals surface area contributed by atoms with Crippen molar-refractivity contribution in [3.63, 3.8) is 0 Å². The van der Waals surface area contributed by atoms with Crippen molar-refractivity contribution in [1.29, 1.82) is 0 Å². The molecule has 0 aliphatic carbocycles. The normalized spacial score (nSPS) is 16.4. The lowest BCUT2D eigenvalue weighted by Gasteiger charge is -2.17. The standard InChI is InChI=1S/C21H45NO4/c1-2-3-4-5-8-11-14-20(25)21(26)15-12-9-6-7-10-13-18(23)16-19(24)17-22/h18-21,23-26H,2-17,22H2,1H3/t18-,19-,20?,21?/m1/s1. The summed E-state index contributed by atoms with van der Waals surface area (Å²) in [5.74, 6) is 0. The van der Waals surface area contributed by atoms with E-state index >= 15 is 0 Å². The highest BCUT2D eigenvalue weighted by Crippen LogP contribution is 2.15. The van der Waals surface area contributed by atoms with Gasteiger partial charge in [0.15, 0.2) is 0 Å². The van der Waals surface area contributed by atoms with E-state index in [-0.39, 0.29) is 6.54 Å². The Balaban J connectivity index is 3.45. The highest BCUT2D eigenvalue weighted by molar-refractivity contribution is 4.68. The fraction of sp³-hybridized carbons (Fsp3) is 1.00. The summed E-state index contributed by atoms with van der Waals surface area (Å²) in [6.07, 6.45) is 12.5. The van der Waals surface area contributed by atoms with Gasteiger partial charge in [0.05, 0.1) is 24.4 Å². The fourth-order valence-electron chi connectivity index (χ4n) is 3.31. The van der Waals surface area contributed by atoms with E-state index in [1.807, 2.05) is 0 Å². The van der Waals surface area contributed by atoms with Crippen LogP contribution in [0.25, 0.3) is 0 Å². The first kappa shape index (κ1) is 25.8. The molecule has 0 rings (SSSR count). The summed E-state index contributed by atoms with van der Waals surface area (Å²) in [6.45, 7) is 2.41. The van der Waals surface area contributed by atoms with Crippen LogP contribution < -0.4 is 5.73 Å². The highest BCUT2D eigenvalue weighted by atomic mass is 16.3. The van der Waals surface area contributed by atoms with E-state index in [1.165, 1.54) is 25.7 Å². The number of aliphatic hydroxyl groups excluding tert-OH is 4. The second-order valence-electron chi connectivity index (χ2n) is 7.82. The number of hydrogen-bond acceptors (Lipinski definition) is 5. The SMILES string of the molecule is CCCCCCCCC(O)C(O)CCCCCCC[C@@H](O)C[C@@H](O)CN. The average molecular weight is 376 g/mol. The van der Waals surface area contributed by atoms with E-state index in [4.69, 9.17) is 5.73 Å². The third-order valence-corrected chi connectivity index (χ3v) is 5.15. The van der Waals surface area contributed by atoms with E-state index < -0.39 is 24.4 Å². The Hall–Kier alpha value is -0.200. The maximum atomic E-state index is 10.0. The monoisotopic (exact) mass is 375 g/mol. The number of rotatable bonds is 19. The zero-order chi connectivity index (χ0) is 19.6. The zero-order valence-electron chi connectivity index (χ0n) is 17.0. The molecular formula is C21H45NO4. The van der Waals surface area contributed by atoms with Gasteiger partial charge in [-0.25, -0.2) is 0 Å². The van der Waals surface area contributed by atoms with Crippen LogP contribution in [0.15, 0.2) is 0 Å². The minimum absolute atomic E-state index is 0.199. The van der Waals surface area contributed by atoms with Crippen molar-refractivity contribution in [1.82, 2.24) is 0 Å². The molecule has 0 saturated carbocycles. The smallest absolute Gasteiger partial charge is 0.0799 e. The Morgan fingerprint density at radius 2 is 1.00 bits per heavy atom. The molecule has 2 unspecified atom stereocenters. The average Bonchev–Trinajstić information content (AvgIpc) is 2.63. The summed E-state index contributed by atoms with van der Waals surface area (Å²) in [5.41, 5.74) is 5.33. The van der Waals surface area contributed by atoms with Crippen LogP contribution in [0.2, 0.25) is 0 Å². The first-order valence-corrected chi connectivity index (χ1v) is 10.9. The van der Waals surface area contributed by atoms with Gasteiger partial charge in [0.1, 0.15) is 0 Å². The molecular weight excluding hydrogens is 330 g/mol. The maximum absolute atomic E-state index is 10.0. The zero-order valence-corrected chi connectivity index (χ0v) is 17.0. The summed E-state index contributed by atoms with van der Waals surface area (Å²) >= 11 is 0. The van der Waals surface area contributed by atoms with Crippen molar-refractivity contribution < 1.29 is 20.4 Å². The van der Waals surface area contributed by atoms with E-state index in [1.54, 1.807) is 0 Å². The molecule has 0 aromatic carbocycles. The number of aliphatic hydroxyl groups is 4. The number of nitrogens with two attached hydrogens (primary N) is 1. The summed E-state index contributed by atoms with van der Waals surface area (Å²) in [5, 5.41) is 39.1. The van der Waals surface area contributed by atoms with Crippen molar-refractivity contribution in [3.05, 3.63) is 0 Å². The molecule has 5 nitrogen and oxygen atoms in total. The van der Waals surface area contributed by atoms with Crippen LogP contribution in [0, 0.1) is 0 Å². The molecule has 0 aliphatic rings. The molecule has 0 aromatic rings. The second-order valence-corrected chi connectivity index (χ2v) is 7.82. The molecule has 0 heterocycles. The van der Waals surface area contributed by atoms with Crippen molar-refractivity contribution >= 4 is 0 Å². The van der Waals surface area contributed by atoms with Gasteiger partial charge in [-0.05, 0) is 19.3 Å². The Morgan fingerprint density at radius 3 is 1.46 bits per heavy atom. The van der Waals surface area contributed by atoms with E-state index in [2.05, 4.69) is 6.92 Å². The van der Waals surface area contributed by atoms with Crippen LogP contribution in [0.4, 0.5) is 0 Å². The van der Waals surface area contributed by atoms with Gasteiger partial charge in [-0.3, -0.25) is 0 Å². The molecule has 5 heteroatoms. The third-order valence-electron chi connectivity index (χ3n) is 5.15. The predicted molar refractivity (Wildman–Crippen MR) is 108 cm³/mol. The first-order chi connectivity index (χ1) is 12.5. The van der Waals surface area contributed by atoms with Gasteiger partial charge in [0.2, 0.25) is 0 Å². The van der Waals surface area contributed by atoms with Gasteiger partial charge >= 0.3 is 0 Å². The van der Waals surface area contributed by atoms with Crippen LogP contribution >= 0.6 is 0 Å². The summed E-state index contributed by atoms with van der Waals surface area (Å²) in [7, 11) is 0. The van der Waals surface area contributed by atoms with Crippen LogP contribution in [0.1, 0.15) is 103 Å². The minimum Gasteiger partial charge on any atom is -0.393 e. The molecule has 0 saturated heterocycles. The van der Waals surface area contributed by atoms with Crippen molar-refractivity contribution in [2.75, 3.05) is 6.54 Å². The summed E-state index contributed by atoms with van der Waals surface area (Å²) < 4.78 is 0. The van der Waals surface area contributed by atoms with Gasteiger partial charge in [0, 0.05) is 13.0 Å². The third kappa shape index (κ3) is 16.0. The van der Waals surface area contributed by atoms with Gasteiger partial charge in [-0.1, -0.05) is 77.6 Å². The van der Waals surface area contributed by atoms with E-state index in [9.17, 15) is 20.4 Å². The molecule has 0 aromatic heterocycles. The summed E-state index contributed by atoms with van der Waals surface area (Å²) in [6, 6.07) is 0. The fourth-order valence-corrected chi connectivity index (χ4v) is 3.31. The van der Waals surface area contributed by atoms with Crippen LogP contribution in [0.5, 0.6) is 0 Å². The predicted octanol–water partition coefficient (Wildman–Crippen LogP) is 3.26. The molecule has 6 N–H and O–H groups in total. The molecule has 158 valence electrons. The molecule has 0 bridgehead atoms. The highest BCUT2D eigenvalue weighted by Gasteiger charge is 2.15. The quantitative estimate of drug-likeness (QED) is 0.223. The lowest BCUT2D eigenvalue weighted by Crippen LogP contribution is -2.25. The number of hydrogen-bond donors (Lipinski definition) is 5. The molecule has 0 radical (unpaired) electrons. The topological polar surface area (TPSA) is 107 Å². The lowest BCUT2D eigenvalue weighted by molar-refractivity contribution is 0.00710. The van der Waals surface area contributed by atoms with Gasteiger partial charge in [0.25, 0.3) is 0 Å². The first-order valence-electron chi connectivity index (χ1n) is 10.9. The van der Waals surface area contributed by atoms with E-state index in [0.717, 1.165) is 44.9 Å². The molecule has 4 atom stereocenters. The second kappa shape index (κ2) is 18.2. The van der Waals surface area contributed by atoms with E-state index in [0.29, 0.717) is 25.7 Å². The number of unbranched alkanes of at least 4 members (excludes halogenated alkanes) is 9. The van der Waals surface area contributed by atoms with Crippen LogP contribution in [-0.2, 0) is 0 Å². The lowest BCUT2D eigenvalue weighted by atomic mass is 9.99. The molecule has 0 amide bonds. The van der Waals surface area contributed by atoms with Gasteiger partial charge in [-0.15, -0.1) is 0 Å². The minimum atomic E-state index is -0.603. The van der Waals surface area contributed by atoms with Crippen LogP contribution in [0.3, 0.4) is 0 Å². The Kier molecular flexibility index (Phi) is 18.0. The maximum Gasteiger partial charge on any atom is 0.0799 e. The van der Waals surface area contributed by atoms with Crippen LogP contribution in [-0.4, -0.2) is 51.4 Å². The van der Waals surface area contributed by atoms with Crippen molar-refractivity contribution in [2.24, 2.45) is 5.73 Å². The van der Waals surface area contributed by atoms with Gasteiger partial charge in [-0.2, -0.15) is 0 Å².